The van der Waals surface area contributed by atoms with E-state index in [0.29, 0.717) is 0 Å². The molecule has 2 aliphatic carbocycles. The van der Waals surface area contributed by atoms with Gasteiger partial charge in [0.2, 0.25) is 0 Å². The van der Waals surface area contributed by atoms with E-state index in [9.17, 15) is 0 Å². The van der Waals surface area contributed by atoms with Crippen LogP contribution in [-0.4, -0.2) is 13.1 Å². The Hall–Kier alpha value is -0.0400. The van der Waals surface area contributed by atoms with Crippen molar-refractivity contribution in [3.05, 3.63) is 0 Å². The minimum Gasteiger partial charge on any atom is -0.316 e. The second-order valence-electron chi connectivity index (χ2n) is 4.55. The molecule has 2 aliphatic rings. The van der Waals surface area contributed by atoms with Crippen LogP contribution in [0.15, 0.2) is 0 Å². The fourth-order valence-corrected chi connectivity index (χ4v) is 2.80. The molecule has 0 aromatic rings. The van der Waals surface area contributed by atoms with Gasteiger partial charge >= 0.3 is 0 Å². The van der Waals surface area contributed by atoms with Crippen molar-refractivity contribution in [3.8, 4) is 0 Å². The first kappa shape index (κ1) is 8.55. The summed E-state index contributed by atoms with van der Waals surface area (Å²) in [6.45, 7) is 0. The lowest BCUT2D eigenvalue weighted by molar-refractivity contribution is 0.258. The zero-order valence-electron chi connectivity index (χ0n) is 8.18. The highest BCUT2D eigenvalue weighted by atomic mass is 14.9. The highest BCUT2D eigenvalue weighted by molar-refractivity contribution is 4.90. The molecule has 1 N–H and O–H groups in total. The van der Waals surface area contributed by atoms with Gasteiger partial charge in [0.15, 0.2) is 0 Å². The monoisotopic (exact) mass is 167 g/mol. The van der Waals surface area contributed by atoms with E-state index < -0.39 is 0 Å². The number of nitrogens with one attached hydrogen (secondary N) is 1. The summed E-state index contributed by atoms with van der Waals surface area (Å²) in [5.74, 6) is 2.05. The smallest absolute Gasteiger partial charge is 0.0121 e. The van der Waals surface area contributed by atoms with Gasteiger partial charge in [-0.25, -0.2) is 0 Å². The third-order valence-electron chi connectivity index (χ3n) is 3.62. The quantitative estimate of drug-likeness (QED) is 0.681. The summed E-state index contributed by atoms with van der Waals surface area (Å²) in [4.78, 5) is 0. The molecule has 1 atom stereocenters. The molecule has 2 fully saturated rings. The molecule has 0 radical (unpaired) electrons. The summed E-state index contributed by atoms with van der Waals surface area (Å²) in [5, 5.41) is 3.53. The van der Waals surface area contributed by atoms with Crippen LogP contribution in [0.1, 0.15) is 44.9 Å². The Bertz CT molecular complexity index is 134. The molecular weight excluding hydrogens is 146 g/mol. The van der Waals surface area contributed by atoms with Crippen LogP contribution in [0.4, 0.5) is 0 Å². The predicted octanol–water partition coefficient (Wildman–Crippen LogP) is 2.56. The average Bonchev–Trinajstić information content (AvgIpc) is 2.92. The summed E-state index contributed by atoms with van der Waals surface area (Å²) in [6.07, 6.45) is 10.4. The first-order chi connectivity index (χ1) is 5.92. The van der Waals surface area contributed by atoms with Gasteiger partial charge in [0.05, 0.1) is 0 Å². The molecule has 0 bridgehead atoms. The molecular formula is C11H21N. The first-order valence-electron chi connectivity index (χ1n) is 5.59. The zero-order valence-corrected chi connectivity index (χ0v) is 8.18. The lowest BCUT2D eigenvalue weighted by Gasteiger charge is -2.30. The molecule has 0 amide bonds. The van der Waals surface area contributed by atoms with E-state index in [1.165, 1.54) is 44.9 Å². The van der Waals surface area contributed by atoms with Crippen LogP contribution in [0, 0.1) is 11.8 Å². The first-order valence-corrected chi connectivity index (χ1v) is 5.59. The van der Waals surface area contributed by atoms with E-state index in [1.807, 2.05) is 0 Å². The lowest BCUT2D eigenvalue weighted by Crippen LogP contribution is -2.36. The van der Waals surface area contributed by atoms with Crippen molar-refractivity contribution in [2.24, 2.45) is 11.8 Å². The molecule has 0 spiro atoms. The molecule has 2 rings (SSSR count). The molecule has 2 saturated carbocycles. The van der Waals surface area contributed by atoms with E-state index in [4.69, 9.17) is 0 Å². The third-order valence-corrected chi connectivity index (χ3v) is 3.62. The SMILES string of the molecule is CNC(C1CCCCC1)C1CC1. The van der Waals surface area contributed by atoms with Gasteiger partial charge in [-0.15, -0.1) is 0 Å². The highest BCUT2D eigenvalue weighted by Crippen LogP contribution is 2.39. The number of hydrogen-bond acceptors (Lipinski definition) is 1. The van der Waals surface area contributed by atoms with E-state index in [0.717, 1.165) is 17.9 Å². The molecule has 0 saturated heterocycles. The van der Waals surface area contributed by atoms with Gasteiger partial charge in [-0.2, -0.15) is 0 Å². The molecule has 1 nitrogen and oxygen atoms in total. The Morgan fingerprint density at radius 3 is 2.00 bits per heavy atom. The maximum absolute atomic E-state index is 3.53. The molecule has 0 aliphatic heterocycles. The third kappa shape index (κ3) is 1.82. The van der Waals surface area contributed by atoms with Gasteiger partial charge in [-0.3, -0.25) is 0 Å². The Morgan fingerprint density at radius 2 is 1.50 bits per heavy atom. The fourth-order valence-electron chi connectivity index (χ4n) is 2.80. The summed E-state index contributed by atoms with van der Waals surface area (Å²) < 4.78 is 0. The Balaban J connectivity index is 1.85. The lowest BCUT2D eigenvalue weighted by atomic mass is 9.82. The van der Waals surface area contributed by atoms with Gasteiger partial charge in [-0.1, -0.05) is 19.3 Å². The summed E-state index contributed by atoms with van der Waals surface area (Å²) in [7, 11) is 2.15. The van der Waals surface area contributed by atoms with Gasteiger partial charge in [-0.05, 0) is 44.6 Å². The Kier molecular flexibility index (Phi) is 2.69. The van der Waals surface area contributed by atoms with Gasteiger partial charge in [0.1, 0.15) is 0 Å². The van der Waals surface area contributed by atoms with Crippen molar-refractivity contribution >= 4 is 0 Å². The van der Waals surface area contributed by atoms with Gasteiger partial charge in [0.25, 0.3) is 0 Å². The molecule has 12 heavy (non-hydrogen) atoms. The normalized spacial score (nSPS) is 28.8. The summed E-state index contributed by atoms with van der Waals surface area (Å²) in [5.41, 5.74) is 0. The molecule has 0 aromatic carbocycles. The van der Waals surface area contributed by atoms with Crippen LogP contribution >= 0.6 is 0 Å². The van der Waals surface area contributed by atoms with Crippen molar-refractivity contribution in [1.82, 2.24) is 5.32 Å². The van der Waals surface area contributed by atoms with Gasteiger partial charge < -0.3 is 5.32 Å². The van der Waals surface area contributed by atoms with Crippen LogP contribution in [0.2, 0.25) is 0 Å². The van der Waals surface area contributed by atoms with Crippen molar-refractivity contribution < 1.29 is 0 Å². The summed E-state index contributed by atoms with van der Waals surface area (Å²) >= 11 is 0. The van der Waals surface area contributed by atoms with E-state index in [1.54, 1.807) is 0 Å². The second kappa shape index (κ2) is 3.78. The number of rotatable bonds is 3. The topological polar surface area (TPSA) is 12.0 Å². The second-order valence-corrected chi connectivity index (χ2v) is 4.55. The van der Waals surface area contributed by atoms with Crippen LogP contribution in [0.3, 0.4) is 0 Å². The van der Waals surface area contributed by atoms with E-state index in [-0.39, 0.29) is 0 Å². The van der Waals surface area contributed by atoms with E-state index in [2.05, 4.69) is 12.4 Å². The van der Waals surface area contributed by atoms with Crippen LogP contribution in [0.5, 0.6) is 0 Å². The highest BCUT2D eigenvalue weighted by Gasteiger charge is 2.35. The minimum atomic E-state index is 0.866. The summed E-state index contributed by atoms with van der Waals surface area (Å²) in [6, 6.07) is 0.866. The predicted molar refractivity (Wildman–Crippen MR) is 52.1 cm³/mol. The van der Waals surface area contributed by atoms with Crippen molar-refractivity contribution in [2.45, 2.75) is 51.0 Å². The number of hydrogen-bond donors (Lipinski definition) is 1. The van der Waals surface area contributed by atoms with E-state index >= 15 is 0 Å². The molecule has 1 heteroatoms. The molecule has 0 heterocycles. The van der Waals surface area contributed by atoms with Gasteiger partial charge in [0, 0.05) is 6.04 Å². The van der Waals surface area contributed by atoms with Crippen molar-refractivity contribution in [2.75, 3.05) is 7.05 Å². The Labute approximate surface area is 75.9 Å². The maximum Gasteiger partial charge on any atom is 0.0121 e. The Morgan fingerprint density at radius 1 is 0.917 bits per heavy atom. The van der Waals surface area contributed by atoms with Crippen LogP contribution < -0.4 is 5.32 Å². The maximum atomic E-state index is 3.53. The fraction of sp³-hybridized carbons (Fsp3) is 1.00. The van der Waals surface area contributed by atoms with Crippen LogP contribution in [0.25, 0.3) is 0 Å². The average molecular weight is 167 g/mol. The molecule has 1 unspecified atom stereocenters. The zero-order chi connectivity index (χ0) is 8.39. The molecule has 0 aromatic heterocycles. The van der Waals surface area contributed by atoms with Crippen molar-refractivity contribution in [3.63, 3.8) is 0 Å². The van der Waals surface area contributed by atoms with Crippen molar-refractivity contribution in [1.29, 1.82) is 0 Å². The van der Waals surface area contributed by atoms with Crippen LogP contribution in [-0.2, 0) is 0 Å². The largest absolute Gasteiger partial charge is 0.316 e. The minimum absolute atomic E-state index is 0.866. The molecule has 70 valence electrons. The standard InChI is InChI=1S/C11H21N/c1-12-11(10-7-8-10)9-5-3-2-4-6-9/h9-12H,2-8H2,1H3.